The normalized spacial score (nSPS) is 16.1. The molecule has 0 amide bonds. The molecule has 1 saturated heterocycles. The van der Waals surface area contributed by atoms with Crippen LogP contribution in [0, 0.1) is 5.82 Å². The van der Waals surface area contributed by atoms with Gasteiger partial charge in [-0.15, -0.1) is 24.0 Å². The van der Waals surface area contributed by atoms with Crippen LogP contribution in [0.2, 0.25) is 0 Å². The van der Waals surface area contributed by atoms with Crippen molar-refractivity contribution in [3.63, 3.8) is 0 Å². The molecule has 10 heteroatoms. The van der Waals surface area contributed by atoms with Crippen molar-refractivity contribution in [3.8, 4) is 0 Å². The number of guanidine groups is 1. The van der Waals surface area contributed by atoms with Crippen LogP contribution in [0.25, 0.3) is 0 Å². The van der Waals surface area contributed by atoms with Crippen molar-refractivity contribution in [3.05, 3.63) is 29.6 Å². The quantitative estimate of drug-likeness (QED) is 0.293. The van der Waals surface area contributed by atoms with E-state index in [1.54, 1.807) is 24.3 Å². The lowest BCUT2D eigenvalue weighted by atomic mass is 10.1. The van der Waals surface area contributed by atoms with Crippen molar-refractivity contribution in [2.45, 2.75) is 46.2 Å². The summed E-state index contributed by atoms with van der Waals surface area (Å²) in [5, 5.41) is 6.56. The van der Waals surface area contributed by atoms with E-state index in [1.165, 1.54) is 0 Å². The highest BCUT2D eigenvalue weighted by atomic mass is 127. The lowest BCUT2D eigenvalue weighted by Gasteiger charge is -2.32. The van der Waals surface area contributed by atoms with Crippen LogP contribution in [0.15, 0.2) is 23.2 Å². The summed E-state index contributed by atoms with van der Waals surface area (Å²) < 4.78 is 39.9. The fourth-order valence-corrected chi connectivity index (χ4v) is 4.65. The molecule has 2 N–H and O–H groups in total. The number of hydrogen-bond acceptors (Lipinski definition) is 4. The Morgan fingerprint density at radius 2 is 1.87 bits per heavy atom. The zero-order chi connectivity index (χ0) is 21.4. The maximum atomic E-state index is 14.4. The molecule has 0 aliphatic carbocycles. The van der Waals surface area contributed by atoms with E-state index in [2.05, 4.69) is 15.6 Å². The predicted octanol–water partition coefficient (Wildman–Crippen LogP) is 2.77. The summed E-state index contributed by atoms with van der Waals surface area (Å²) in [6.07, 6.45) is 1.46. The van der Waals surface area contributed by atoms with Gasteiger partial charge in [0, 0.05) is 45.8 Å². The van der Waals surface area contributed by atoms with Crippen LogP contribution >= 0.6 is 24.0 Å². The molecule has 1 aromatic rings. The summed E-state index contributed by atoms with van der Waals surface area (Å²) >= 11 is 0. The molecule has 1 aliphatic rings. The minimum atomic E-state index is -3.12. The summed E-state index contributed by atoms with van der Waals surface area (Å²) in [6.45, 7) is 8.71. The zero-order valence-electron chi connectivity index (χ0n) is 18.3. The van der Waals surface area contributed by atoms with Crippen molar-refractivity contribution in [1.29, 1.82) is 0 Å². The van der Waals surface area contributed by atoms with E-state index in [9.17, 15) is 12.8 Å². The van der Waals surface area contributed by atoms with E-state index in [0.717, 1.165) is 31.5 Å². The molecule has 0 bridgehead atoms. The number of piperidine rings is 1. The third kappa shape index (κ3) is 7.23. The van der Waals surface area contributed by atoms with Crippen molar-refractivity contribution in [2.24, 2.45) is 4.99 Å². The molecule has 172 valence electrons. The van der Waals surface area contributed by atoms with Crippen LogP contribution < -0.4 is 15.5 Å². The van der Waals surface area contributed by atoms with Crippen LogP contribution in [0.5, 0.6) is 0 Å². The highest BCUT2D eigenvalue weighted by Gasteiger charge is 2.27. The molecule has 2 rings (SSSR count). The first-order valence-corrected chi connectivity index (χ1v) is 11.9. The number of nitrogens with zero attached hydrogens (tertiary/aromatic N) is 3. The molecular formula is C20H35FIN5O2S. The second-order valence-corrected chi connectivity index (χ2v) is 9.36. The van der Waals surface area contributed by atoms with Gasteiger partial charge in [-0.25, -0.2) is 17.1 Å². The molecule has 0 spiro atoms. The van der Waals surface area contributed by atoms with Gasteiger partial charge in [0.05, 0.1) is 11.4 Å². The number of hydrogen-bond donors (Lipinski definition) is 2. The number of benzene rings is 1. The second-order valence-electron chi connectivity index (χ2n) is 7.10. The SMILES string of the molecule is CCN(CC)c1ccc(CNC(=NC)NC2CCN(S(=O)(=O)CC)CC2)cc1F.I. The molecule has 1 fully saturated rings. The fourth-order valence-electron chi connectivity index (χ4n) is 3.52. The molecular weight excluding hydrogens is 520 g/mol. The van der Waals surface area contributed by atoms with E-state index < -0.39 is 10.0 Å². The van der Waals surface area contributed by atoms with Crippen molar-refractivity contribution in [2.75, 3.05) is 43.9 Å². The molecule has 1 heterocycles. The molecule has 30 heavy (non-hydrogen) atoms. The summed E-state index contributed by atoms with van der Waals surface area (Å²) in [6, 6.07) is 5.46. The number of halogens is 2. The minimum Gasteiger partial charge on any atom is -0.370 e. The van der Waals surface area contributed by atoms with Crippen molar-refractivity contribution >= 4 is 45.6 Å². The molecule has 1 aliphatic heterocycles. The monoisotopic (exact) mass is 555 g/mol. The fraction of sp³-hybridized carbons (Fsp3) is 0.650. The molecule has 0 atom stereocenters. The lowest BCUT2D eigenvalue weighted by molar-refractivity contribution is 0.306. The minimum absolute atomic E-state index is 0. The third-order valence-electron chi connectivity index (χ3n) is 5.35. The Balaban J connectivity index is 0.00000450. The highest BCUT2D eigenvalue weighted by molar-refractivity contribution is 14.0. The van der Waals surface area contributed by atoms with Gasteiger partial charge < -0.3 is 15.5 Å². The van der Waals surface area contributed by atoms with E-state index in [4.69, 9.17) is 0 Å². The third-order valence-corrected chi connectivity index (χ3v) is 7.23. The second kappa shape index (κ2) is 12.7. The van der Waals surface area contributed by atoms with Gasteiger partial charge in [-0.1, -0.05) is 6.07 Å². The first-order chi connectivity index (χ1) is 13.8. The smallest absolute Gasteiger partial charge is 0.213 e. The first kappa shape index (κ1) is 26.9. The zero-order valence-corrected chi connectivity index (χ0v) is 21.5. The number of sulfonamides is 1. The summed E-state index contributed by atoms with van der Waals surface area (Å²) in [7, 11) is -1.43. The predicted molar refractivity (Wildman–Crippen MR) is 133 cm³/mol. The Morgan fingerprint density at radius 3 is 2.37 bits per heavy atom. The molecule has 0 unspecified atom stereocenters. The molecule has 0 saturated carbocycles. The van der Waals surface area contributed by atoms with Crippen molar-refractivity contribution in [1.82, 2.24) is 14.9 Å². The van der Waals surface area contributed by atoms with Gasteiger partial charge in [0.15, 0.2) is 5.96 Å². The molecule has 1 aromatic carbocycles. The first-order valence-electron chi connectivity index (χ1n) is 10.3. The molecule has 7 nitrogen and oxygen atoms in total. The van der Waals surface area contributed by atoms with E-state index >= 15 is 0 Å². The maximum absolute atomic E-state index is 14.4. The Hall–Kier alpha value is -1.14. The van der Waals surface area contributed by atoms with E-state index in [1.807, 2.05) is 30.9 Å². The van der Waals surface area contributed by atoms with Crippen molar-refractivity contribution < 1.29 is 12.8 Å². The molecule has 0 aromatic heterocycles. The maximum Gasteiger partial charge on any atom is 0.213 e. The van der Waals surface area contributed by atoms with Gasteiger partial charge in [0.2, 0.25) is 10.0 Å². The number of rotatable bonds is 8. The van der Waals surface area contributed by atoms with E-state index in [0.29, 0.717) is 31.3 Å². The lowest BCUT2D eigenvalue weighted by Crippen LogP contribution is -2.49. The van der Waals surface area contributed by atoms with Gasteiger partial charge in [0.25, 0.3) is 0 Å². The summed E-state index contributed by atoms with van der Waals surface area (Å²) in [5.74, 6) is 0.549. The Kier molecular flexibility index (Phi) is 11.3. The Labute approximate surface area is 197 Å². The standard InChI is InChI=1S/C20H34FN5O2S.HI/c1-5-25(6-2)19-9-8-16(14-18(19)21)15-23-20(22-4)24-17-10-12-26(13-11-17)29(27,28)7-3;/h8-9,14,17H,5-7,10-13,15H2,1-4H3,(H2,22,23,24);1H. The topological polar surface area (TPSA) is 77.0 Å². The number of anilines is 1. The van der Waals surface area contributed by atoms with Crippen LogP contribution in [0.3, 0.4) is 0 Å². The summed E-state index contributed by atoms with van der Waals surface area (Å²) in [4.78, 5) is 6.22. The Bertz CT molecular complexity index is 794. The number of aliphatic imine (C=N–C) groups is 1. The van der Waals surface area contributed by atoms with Gasteiger partial charge in [0.1, 0.15) is 5.82 Å². The van der Waals surface area contributed by atoms with Crippen LogP contribution in [-0.2, 0) is 16.6 Å². The summed E-state index contributed by atoms with van der Waals surface area (Å²) in [5.41, 5.74) is 1.46. The number of nitrogens with one attached hydrogen (secondary N) is 2. The average Bonchev–Trinajstić information content (AvgIpc) is 2.73. The van der Waals surface area contributed by atoms with Crippen LogP contribution in [0.4, 0.5) is 10.1 Å². The molecule has 0 radical (unpaired) electrons. The van der Waals surface area contributed by atoms with Gasteiger partial charge in [-0.05, 0) is 51.3 Å². The van der Waals surface area contributed by atoms with Crippen LogP contribution in [-0.4, -0.2) is 63.7 Å². The van der Waals surface area contributed by atoms with E-state index in [-0.39, 0.29) is 41.6 Å². The largest absolute Gasteiger partial charge is 0.370 e. The van der Waals surface area contributed by atoms with Crippen LogP contribution in [0.1, 0.15) is 39.2 Å². The Morgan fingerprint density at radius 1 is 1.23 bits per heavy atom. The van der Waals surface area contributed by atoms with Gasteiger partial charge in [-0.2, -0.15) is 0 Å². The van der Waals surface area contributed by atoms with Gasteiger partial charge in [-0.3, -0.25) is 4.99 Å². The average molecular weight is 556 g/mol. The van der Waals surface area contributed by atoms with Gasteiger partial charge >= 0.3 is 0 Å². The highest BCUT2D eigenvalue weighted by Crippen LogP contribution is 2.20.